The molecule has 1 saturated carbocycles. The van der Waals surface area contributed by atoms with Crippen molar-refractivity contribution in [2.24, 2.45) is 5.92 Å². The first-order valence-corrected chi connectivity index (χ1v) is 11.6. The van der Waals surface area contributed by atoms with Crippen molar-refractivity contribution < 1.29 is 17.9 Å². The number of rotatable bonds is 10. The second kappa shape index (κ2) is 10.7. The highest BCUT2D eigenvalue weighted by atomic mass is 32.2. The maximum Gasteiger partial charge on any atom is 0.257 e. The maximum absolute atomic E-state index is 12.2. The van der Waals surface area contributed by atoms with Gasteiger partial charge in [0.1, 0.15) is 5.75 Å². The summed E-state index contributed by atoms with van der Waals surface area (Å²) in [5, 5.41) is 5.61. The van der Waals surface area contributed by atoms with Gasteiger partial charge in [0.2, 0.25) is 10.0 Å². The molecule has 3 N–H and O–H groups in total. The molecule has 2 rings (SSSR count). The van der Waals surface area contributed by atoms with Crippen LogP contribution in [-0.4, -0.2) is 45.8 Å². The molecular formula is C20H33N3O4S. The highest BCUT2D eigenvalue weighted by molar-refractivity contribution is 7.90. The minimum absolute atomic E-state index is 0.00345. The molecule has 0 aromatic heterocycles. The molecule has 1 aromatic carbocycles. The van der Waals surface area contributed by atoms with Crippen molar-refractivity contribution in [3.8, 4) is 5.75 Å². The van der Waals surface area contributed by atoms with Crippen LogP contribution in [0.5, 0.6) is 5.75 Å². The average Bonchev–Trinajstić information content (AvgIpc) is 2.70. The minimum atomic E-state index is -3.21. The van der Waals surface area contributed by atoms with Gasteiger partial charge in [-0.3, -0.25) is 4.79 Å². The molecule has 7 nitrogen and oxygen atoms in total. The molecule has 1 aliphatic carbocycles. The molecule has 1 unspecified atom stereocenters. The molecule has 8 heteroatoms. The van der Waals surface area contributed by atoms with Crippen molar-refractivity contribution in [2.45, 2.75) is 57.2 Å². The van der Waals surface area contributed by atoms with Crippen LogP contribution in [0.1, 0.15) is 46.0 Å². The van der Waals surface area contributed by atoms with Gasteiger partial charge in [0, 0.05) is 31.4 Å². The summed E-state index contributed by atoms with van der Waals surface area (Å²) in [6, 6.07) is 7.62. The lowest BCUT2D eigenvalue weighted by atomic mass is 9.86. The van der Waals surface area contributed by atoms with Gasteiger partial charge in [-0.2, -0.15) is 0 Å². The van der Waals surface area contributed by atoms with E-state index in [9.17, 15) is 13.2 Å². The van der Waals surface area contributed by atoms with Crippen molar-refractivity contribution in [1.29, 1.82) is 0 Å². The molecule has 0 saturated heterocycles. The van der Waals surface area contributed by atoms with Crippen LogP contribution in [0.3, 0.4) is 0 Å². The number of likely N-dealkylation sites (N-methyl/N-ethyl adjacent to an activating group) is 1. The number of carbonyl (C=O) groups is 1. The summed E-state index contributed by atoms with van der Waals surface area (Å²) in [5.41, 5.74) is 0.953. The lowest BCUT2D eigenvalue weighted by Gasteiger charge is -2.30. The maximum atomic E-state index is 12.2. The Hall–Kier alpha value is -1.80. The molecule has 1 aromatic rings. The van der Waals surface area contributed by atoms with Gasteiger partial charge in [-0.1, -0.05) is 13.0 Å². The van der Waals surface area contributed by atoms with E-state index in [4.69, 9.17) is 4.74 Å². The predicted octanol–water partition coefficient (Wildman–Crippen LogP) is 2.50. The molecular weight excluding hydrogens is 378 g/mol. The fourth-order valence-electron chi connectivity index (χ4n) is 3.23. The summed E-state index contributed by atoms with van der Waals surface area (Å²) in [4.78, 5) is 11.3. The normalized spacial score (nSPS) is 21.0. The summed E-state index contributed by atoms with van der Waals surface area (Å²) >= 11 is 0. The third-order valence-corrected chi connectivity index (χ3v) is 7.41. The Morgan fingerprint density at radius 3 is 2.61 bits per heavy atom. The minimum Gasteiger partial charge on any atom is -0.484 e. The van der Waals surface area contributed by atoms with E-state index in [0.717, 1.165) is 37.9 Å². The summed E-state index contributed by atoms with van der Waals surface area (Å²) in [5.74, 6) is 0.996. The van der Waals surface area contributed by atoms with Crippen molar-refractivity contribution in [1.82, 2.24) is 10.0 Å². The quantitative estimate of drug-likeness (QED) is 0.550. The van der Waals surface area contributed by atoms with Crippen molar-refractivity contribution in [2.75, 3.05) is 25.5 Å². The molecule has 1 atom stereocenters. The molecule has 0 radical (unpaired) electrons. The molecule has 0 bridgehead atoms. The largest absolute Gasteiger partial charge is 0.484 e. The smallest absolute Gasteiger partial charge is 0.257 e. The van der Waals surface area contributed by atoms with Crippen LogP contribution in [0.25, 0.3) is 0 Å². The van der Waals surface area contributed by atoms with Crippen molar-refractivity contribution in [3.63, 3.8) is 0 Å². The summed E-state index contributed by atoms with van der Waals surface area (Å²) in [7, 11) is -1.63. The van der Waals surface area contributed by atoms with Gasteiger partial charge in [0.05, 0.1) is 5.25 Å². The Morgan fingerprint density at radius 2 is 1.96 bits per heavy atom. The molecule has 0 spiro atoms. The summed E-state index contributed by atoms with van der Waals surface area (Å²) in [6.07, 6.45) is 4.36. The molecule has 1 amide bonds. The molecule has 1 fully saturated rings. The van der Waals surface area contributed by atoms with Crippen LogP contribution in [0.2, 0.25) is 0 Å². The Balaban J connectivity index is 1.76. The zero-order valence-electron chi connectivity index (χ0n) is 17.0. The van der Waals surface area contributed by atoms with Crippen LogP contribution in [-0.2, 0) is 14.8 Å². The lowest BCUT2D eigenvalue weighted by Crippen LogP contribution is -2.42. The summed E-state index contributed by atoms with van der Waals surface area (Å²) in [6.45, 7) is 4.48. The fourth-order valence-corrected chi connectivity index (χ4v) is 4.60. The molecule has 28 heavy (non-hydrogen) atoms. The number of hydrogen-bond donors (Lipinski definition) is 3. The Morgan fingerprint density at radius 1 is 1.25 bits per heavy atom. The number of hydrogen-bond acceptors (Lipinski definition) is 5. The average molecular weight is 412 g/mol. The van der Waals surface area contributed by atoms with Gasteiger partial charge in [-0.25, -0.2) is 13.1 Å². The zero-order valence-corrected chi connectivity index (χ0v) is 17.8. The monoisotopic (exact) mass is 411 g/mol. The first-order chi connectivity index (χ1) is 13.3. The number of carbonyl (C=O) groups excluding carboxylic acids is 1. The van der Waals surface area contributed by atoms with Gasteiger partial charge < -0.3 is 15.4 Å². The van der Waals surface area contributed by atoms with E-state index in [1.54, 1.807) is 14.0 Å². The molecule has 158 valence electrons. The number of nitrogens with one attached hydrogen (secondary N) is 3. The van der Waals surface area contributed by atoms with E-state index < -0.39 is 10.0 Å². The van der Waals surface area contributed by atoms with Crippen LogP contribution < -0.4 is 20.1 Å². The molecule has 0 aliphatic heterocycles. The topological polar surface area (TPSA) is 96.5 Å². The van der Waals surface area contributed by atoms with E-state index in [1.165, 1.54) is 0 Å². The summed E-state index contributed by atoms with van der Waals surface area (Å²) < 4.78 is 32.8. The predicted molar refractivity (Wildman–Crippen MR) is 112 cm³/mol. The Bertz CT molecular complexity index is 731. The van der Waals surface area contributed by atoms with Gasteiger partial charge in [0.15, 0.2) is 6.61 Å². The van der Waals surface area contributed by atoms with Crippen molar-refractivity contribution in [3.05, 3.63) is 24.3 Å². The second-order valence-electron chi connectivity index (χ2n) is 7.47. The SMILES string of the molecule is CCC(C)S(=O)(=O)NC1CCC(CNc2cccc(OCC(=O)NC)c2)CC1. The highest BCUT2D eigenvalue weighted by Gasteiger charge is 2.27. The number of benzene rings is 1. The van der Waals surface area contributed by atoms with E-state index in [1.807, 2.05) is 31.2 Å². The van der Waals surface area contributed by atoms with Crippen LogP contribution in [0, 0.1) is 5.92 Å². The number of amides is 1. The first kappa shape index (κ1) is 22.5. The molecule has 1 aliphatic rings. The van der Waals surface area contributed by atoms with Crippen LogP contribution >= 0.6 is 0 Å². The van der Waals surface area contributed by atoms with E-state index in [2.05, 4.69) is 15.4 Å². The lowest BCUT2D eigenvalue weighted by molar-refractivity contribution is -0.122. The third-order valence-electron chi connectivity index (χ3n) is 5.36. The van der Waals surface area contributed by atoms with Crippen molar-refractivity contribution >= 4 is 21.6 Å². The van der Waals surface area contributed by atoms with E-state index >= 15 is 0 Å². The Labute approximate surface area is 168 Å². The molecule has 0 heterocycles. The number of sulfonamides is 1. The van der Waals surface area contributed by atoms with Gasteiger partial charge in [-0.15, -0.1) is 0 Å². The van der Waals surface area contributed by atoms with E-state index in [0.29, 0.717) is 18.1 Å². The van der Waals surface area contributed by atoms with E-state index in [-0.39, 0.29) is 23.8 Å². The van der Waals surface area contributed by atoms with Gasteiger partial charge in [0.25, 0.3) is 5.91 Å². The fraction of sp³-hybridized carbons (Fsp3) is 0.650. The van der Waals surface area contributed by atoms with Crippen LogP contribution in [0.4, 0.5) is 5.69 Å². The highest BCUT2D eigenvalue weighted by Crippen LogP contribution is 2.26. The zero-order chi connectivity index (χ0) is 20.6. The van der Waals surface area contributed by atoms with Gasteiger partial charge in [-0.05, 0) is 57.1 Å². The van der Waals surface area contributed by atoms with Gasteiger partial charge >= 0.3 is 0 Å². The number of ether oxygens (including phenoxy) is 1. The first-order valence-electron chi connectivity index (χ1n) is 10.0. The standard InChI is InChI=1S/C20H33N3O4S/c1-4-15(2)28(25,26)23-17-10-8-16(9-11-17)13-22-18-6-5-7-19(12-18)27-14-20(24)21-3/h5-7,12,15-17,22-23H,4,8-11,13-14H2,1-3H3,(H,21,24). The van der Waals surface area contributed by atoms with Crippen LogP contribution in [0.15, 0.2) is 24.3 Å². The second-order valence-corrected chi connectivity index (χ2v) is 9.60. The third kappa shape index (κ3) is 6.98. The Kier molecular flexibility index (Phi) is 8.57. The number of anilines is 1.